The molecule has 2 aliphatic rings. The highest BCUT2D eigenvalue weighted by Gasteiger charge is 2.37. The number of hydrogen-bond acceptors (Lipinski definition) is 3. The normalized spacial score (nSPS) is 23.2. The van der Waals surface area contributed by atoms with E-state index in [9.17, 15) is 4.79 Å². The second kappa shape index (κ2) is 6.06. The summed E-state index contributed by atoms with van der Waals surface area (Å²) in [6.07, 6.45) is 3.62. The maximum Gasteiger partial charge on any atom is 0.143 e. The molecule has 1 aliphatic heterocycles. The summed E-state index contributed by atoms with van der Waals surface area (Å²) < 4.78 is 0. The number of thioether (sulfide) groups is 1. The summed E-state index contributed by atoms with van der Waals surface area (Å²) in [7, 11) is 0. The Balaban J connectivity index is 1.84. The third-order valence-corrected chi connectivity index (χ3v) is 6.02. The third-order valence-electron chi connectivity index (χ3n) is 4.36. The first-order chi connectivity index (χ1) is 11.2. The van der Waals surface area contributed by atoms with Crippen molar-refractivity contribution in [2.24, 2.45) is 5.92 Å². The molecule has 1 N–H and O–H groups in total. The number of nitrogens with one attached hydrogen (secondary N) is 1. The van der Waals surface area contributed by atoms with Gasteiger partial charge in [0.2, 0.25) is 0 Å². The number of rotatable bonds is 1. The molecule has 2 aromatic rings. The monoisotopic (exact) mass is 341 g/mol. The number of Topliss-reactive ketones (excluding diaryl/α,β-unsaturated/α-hetero) is 1. The first-order valence-electron chi connectivity index (χ1n) is 7.73. The highest BCUT2D eigenvalue weighted by Crippen LogP contribution is 2.50. The first-order valence-corrected chi connectivity index (χ1v) is 8.99. The number of benzene rings is 2. The minimum atomic E-state index is -0.123. The SMILES string of the molecule is O=C1CCC=C2Nc3ccccc3S[C@H](c3ccc(Cl)cc3)[C@@H]12. The van der Waals surface area contributed by atoms with Gasteiger partial charge in [0.05, 0.1) is 11.6 Å². The van der Waals surface area contributed by atoms with Gasteiger partial charge in [-0.1, -0.05) is 41.9 Å². The molecule has 4 rings (SSSR count). The molecule has 0 unspecified atom stereocenters. The van der Waals surface area contributed by atoms with Gasteiger partial charge in [0.25, 0.3) is 0 Å². The summed E-state index contributed by atoms with van der Waals surface area (Å²) >= 11 is 7.79. The largest absolute Gasteiger partial charge is 0.358 e. The average Bonchev–Trinajstić information content (AvgIpc) is 2.73. The molecule has 0 bridgehead atoms. The van der Waals surface area contributed by atoms with Crippen molar-refractivity contribution in [3.8, 4) is 0 Å². The molecule has 23 heavy (non-hydrogen) atoms. The molecule has 2 aromatic carbocycles. The quantitative estimate of drug-likeness (QED) is 0.746. The smallest absolute Gasteiger partial charge is 0.143 e. The molecule has 0 aromatic heterocycles. The molecule has 1 heterocycles. The molecule has 0 saturated heterocycles. The van der Waals surface area contributed by atoms with Gasteiger partial charge < -0.3 is 5.32 Å². The molecule has 4 heteroatoms. The Morgan fingerprint density at radius 1 is 1.09 bits per heavy atom. The molecule has 116 valence electrons. The summed E-state index contributed by atoms with van der Waals surface area (Å²) in [6.45, 7) is 0. The number of carbonyl (C=O) groups is 1. The number of fused-ring (bicyclic) bond motifs is 2. The first kappa shape index (κ1) is 14.9. The molecule has 2 atom stereocenters. The Hall–Kier alpha value is -1.71. The summed E-state index contributed by atoms with van der Waals surface area (Å²) in [5.74, 6) is 0.192. The van der Waals surface area contributed by atoms with Crippen molar-refractivity contribution >= 4 is 34.8 Å². The topological polar surface area (TPSA) is 29.1 Å². The van der Waals surface area contributed by atoms with Crippen LogP contribution in [-0.4, -0.2) is 5.78 Å². The van der Waals surface area contributed by atoms with Crippen LogP contribution in [-0.2, 0) is 4.79 Å². The van der Waals surface area contributed by atoms with Crippen molar-refractivity contribution in [1.82, 2.24) is 0 Å². The van der Waals surface area contributed by atoms with Gasteiger partial charge in [-0.2, -0.15) is 0 Å². The summed E-state index contributed by atoms with van der Waals surface area (Å²) in [4.78, 5) is 13.8. The van der Waals surface area contributed by atoms with Gasteiger partial charge >= 0.3 is 0 Å². The fraction of sp³-hybridized carbons (Fsp3) is 0.211. The van der Waals surface area contributed by atoms with Crippen LogP contribution in [0.4, 0.5) is 5.69 Å². The number of para-hydroxylation sites is 1. The Morgan fingerprint density at radius 2 is 1.87 bits per heavy atom. The molecule has 0 radical (unpaired) electrons. The van der Waals surface area contributed by atoms with E-state index in [0.717, 1.165) is 28.4 Å². The number of carbonyl (C=O) groups excluding carboxylic acids is 1. The number of ketones is 1. The van der Waals surface area contributed by atoms with Crippen molar-refractivity contribution < 1.29 is 4.79 Å². The molecule has 0 amide bonds. The van der Waals surface area contributed by atoms with Crippen LogP contribution < -0.4 is 5.32 Å². The number of hydrogen-bond donors (Lipinski definition) is 1. The van der Waals surface area contributed by atoms with E-state index in [1.54, 1.807) is 11.8 Å². The molecule has 0 fully saturated rings. The third kappa shape index (κ3) is 2.79. The molecule has 2 nitrogen and oxygen atoms in total. The average molecular weight is 342 g/mol. The van der Waals surface area contributed by atoms with Gasteiger partial charge in [0.15, 0.2) is 0 Å². The fourth-order valence-corrected chi connectivity index (χ4v) is 4.76. The summed E-state index contributed by atoms with van der Waals surface area (Å²) in [5.41, 5.74) is 3.27. The van der Waals surface area contributed by atoms with Gasteiger partial charge in [-0.25, -0.2) is 0 Å². The second-order valence-electron chi connectivity index (χ2n) is 5.85. The fourth-order valence-electron chi connectivity index (χ4n) is 3.23. The van der Waals surface area contributed by atoms with Gasteiger partial charge in [-0.05, 0) is 36.2 Å². The molecule has 0 spiro atoms. The highest BCUT2D eigenvalue weighted by atomic mass is 35.5. The maximum absolute atomic E-state index is 12.7. The van der Waals surface area contributed by atoms with Crippen LogP contribution in [0.3, 0.4) is 0 Å². The van der Waals surface area contributed by atoms with Gasteiger partial charge in [0, 0.05) is 27.3 Å². The van der Waals surface area contributed by atoms with Gasteiger partial charge in [-0.15, -0.1) is 11.8 Å². The molecule has 1 aliphatic carbocycles. The Morgan fingerprint density at radius 3 is 2.70 bits per heavy atom. The van der Waals surface area contributed by atoms with Gasteiger partial charge in [0.1, 0.15) is 5.78 Å². The lowest BCUT2D eigenvalue weighted by molar-refractivity contribution is -0.122. The van der Waals surface area contributed by atoms with E-state index in [1.165, 1.54) is 4.90 Å². The summed E-state index contributed by atoms with van der Waals surface area (Å²) in [5, 5.41) is 4.29. The standard InChI is InChI=1S/C19H16ClNOS/c20-13-10-8-12(9-11-13)19-18-15(5-3-6-16(18)22)21-14-4-1-2-7-17(14)23-19/h1-2,4-5,7-11,18-19,21H,3,6H2/t18-,19-/m1/s1. The maximum atomic E-state index is 12.7. The van der Waals surface area contributed by atoms with E-state index >= 15 is 0 Å². The van der Waals surface area contributed by atoms with Crippen molar-refractivity contribution in [3.63, 3.8) is 0 Å². The van der Waals surface area contributed by atoms with Crippen molar-refractivity contribution in [2.75, 3.05) is 5.32 Å². The minimum Gasteiger partial charge on any atom is -0.358 e. The molecule has 0 saturated carbocycles. The minimum absolute atomic E-state index is 0.0717. The van der Waals surface area contributed by atoms with Crippen LogP contribution in [0.5, 0.6) is 0 Å². The predicted octanol–water partition coefficient (Wildman–Crippen LogP) is 5.46. The van der Waals surface area contributed by atoms with Gasteiger partial charge in [-0.3, -0.25) is 4.79 Å². The number of halogens is 1. The van der Waals surface area contributed by atoms with E-state index < -0.39 is 0 Å². The second-order valence-corrected chi connectivity index (χ2v) is 7.47. The van der Waals surface area contributed by atoms with Crippen LogP contribution in [0.15, 0.2) is 65.2 Å². The van der Waals surface area contributed by atoms with Crippen molar-refractivity contribution in [2.45, 2.75) is 23.0 Å². The Kier molecular flexibility index (Phi) is 3.92. The zero-order chi connectivity index (χ0) is 15.8. The lowest BCUT2D eigenvalue weighted by Crippen LogP contribution is -2.27. The zero-order valence-corrected chi connectivity index (χ0v) is 14.0. The van der Waals surface area contributed by atoms with E-state index in [1.807, 2.05) is 36.4 Å². The Bertz CT molecular complexity index is 784. The summed E-state index contributed by atoms with van der Waals surface area (Å²) in [6, 6.07) is 16.1. The Labute approximate surface area is 144 Å². The van der Waals surface area contributed by atoms with E-state index in [2.05, 4.69) is 23.5 Å². The highest BCUT2D eigenvalue weighted by molar-refractivity contribution is 7.99. The van der Waals surface area contributed by atoms with Crippen LogP contribution >= 0.6 is 23.4 Å². The lowest BCUT2D eigenvalue weighted by atomic mass is 9.85. The van der Waals surface area contributed by atoms with Crippen LogP contribution in [0, 0.1) is 5.92 Å². The predicted molar refractivity (Wildman–Crippen MR) is 95.9 cm³/mol. The van der Waals surface area contributed by atoms with Crippen molar-refractivity contribution in [1.29, 1.82) is 0 Å². The lowest BCUT2D eigenvalue weighted by Gasteiger charge is -2.28. The number of allylic oxidation sites excluding steroid dienone is 2. The van der Waals surface area contributed by atoms with E-state index in [-0.39, 0.29) is 11.2 Å². The van der Waals surface area contributed by atoms with Crippen LogP contribution in [0.1, 0.15) is 23.7 Å². The van der Waals surface area contributed by atoms with Crippen LogP contribution in [0.2, 0.25) is 5.02 Å². The van der Waals surface area contributed by atoms with E-state index in [4.69, 9.17) is 11.6 Å². The van der Waals surface area contributed by atoms with E-state index in [0.29, 0.717) is 12.2 Å². The van der Waals surface area contributed by atoms with Crippen LogP contribution in [0.25, 0.3) is 0 Å². The number of anilines is 1. The molecular weight excluding hydrogens is 326 g/mol. The molecular formula is C19H16ClNOS. The van der Waals surface area contributed by atoms with Crippen molar-refractivity contribution in [3.05, 3.63) is 70.9 Å². The zero-order valence-electron chi connectivity index (χ0n) is 12.5.